The van der Waals surface area contributed by atoms with Crippen LogP contribution in [0, 0.1) is 11.3 Å². The molecule has 0 aliphatic heterocycles. The molecule has 0 saturated carbocycles. The van der Waals surface area contributed by atoms with Gasteiger partial charge in [-0.2, -0.15) is 5.26 Å². The van der Waals surface area contributed by atoms with E-state index >= 15 is 0 Å². The molecule has 2 aromatic carbocycles. The van der Waals surface area contributed by atoms with Crippen molar-refractivity contribution in [2.75, 3.05) is 7.11 Å². The summed E-state index contributed by atoms with van der Waals surface area (Å²) in [7, 11) is 1.61. The van der Waals surface area contributed by atoms with Crippen LogP contribution in [-0.4, -0.2) is 12.1 Å². The van der Waals surface area contributed by atoms with E-state index < -0.39 is 0 Å². The highest BCUT2D eigenvalue weighted by Crippen LogP contribution is 2.30. The Balaban J connectivity index is 1.87. The molecule has 0 spiro atoms. The zero-order valence-corrected chi connectivity index (χ0v) is 14.4. The van der Waals surface area contributed by atoms with Gasteiger partial charge in [0.1, 0.15) is 12.7 Å². The van der Waals surface area contributed by atoms with E-state index in [-0.39, 0.29) is 0 Å². The van der Waals surface area contributed by atoms with E-state index in [1.54, 1.807) is 19.4 Å². The number of benzene rings is 2. The molecule has 0 unspecified atom stereocenters. The van der Waals surface area contributed by atoms with Crippen molar-refractivity contribution in [3.8, 4) is 17.6 Å². The number of ether oxygens (including phenoxy) is 2. The van der Waals surface area contributed by atoms with Gasteiger partial charge in [-0.15, -0.1) is 0 Å². The van der Waals surface area contributed by atoms with Crippen molar-refractivity contribution in [2.24, 2.45) is 0 Å². The molecule has 0 atom stereocenters. The standard InChI is InChI=1S/C22H18N2O2/c1-25-21-11-10-18(13-19(15-23)20-9-5-6-12-24-20)14-22(21)26-16-17-7-3-2-4-8-17/h2-14H,16H2,1H3. The average Bonchev–Trinajstić information content (AvgIpc) is 2.72. The van der Waals surface area contributed by atoms with Crippen molar-refractivity contribution in [3.63, 3.8) is 0 Å². The van der Waals surface area contributed by atoms with Crippen LogP contribution in [0.4, 0.5) is 0 Å². The Morgan fingerprint density at radius 2 is 1.85 bits per heavy atom. The Morgan fingerprint density at radius 1 is 1.04 bits per heavy atom. The maximum atomic E-state index is 9.45. The minimum absolute atomic E-state index is 0.440. The molecule has 0 radical (unpaired) electrons. The number of methoxy groups -OCH3 is 1. The van der Waals surface area contributed by atoms with Crippen LogP contribution in [-0.2, 0) is 6.61 Å². The van der Waals surface area contributed by atoms with Gasteiger partial charge >= 0.3 is 0 Å². The first-order valence-corrected chi connectivity index (χ1v) is 8.18. The zero-order valence-electron chi connectivity index (χ0n) is 14.4. The van der Waals surface area contributed by atoms with Gasteiger partial charge in [0.05, 0.1) is 18.4 Å². The molecule has 0 aliphatic carbocycles. The number of nitriles is 1. The van der Waals surface area contributed by atoms with Crippen LogP contribution < -0.4 is 9.47 Å². The van der Waals surface area contributed by atoms with Gasteiger partial charge in [0, 0.05) is 6.20 Å². The molecular formula is C22H18N2O2. The van der Waals surface area contributed by atoms with E-state index in [0.29, 0.717) is 29.4 Å². The monoisotopic (exact) mass is 342 g/mol. The summed E-state index contributed by atoms with van der Waals surface area (Å²) >= 11 is 0. The fourth-order valence-corrected chi connectivity index (χ4v) is 2.48. The van der Waals surface area contributed by atoms with Crippen molar-refractivity contribution in [3.05, 3.63) is 89.7 Å². The number of rotatable bonds is 6. The van der Waals surface area contributed by atoms with Crippen LogP contribution in [0.1, 0.15) is 16.8 Å². The van der Waals surface area contributed by atoms with Crippen LogP contribution >= 0.6 is 0 Å². The maximum absolute atomic E-state index is 9.45. The molecule has 26 heavy (non-hydrogen) atoms. The Kier molecular flexibility index (Phi) is 5.64. The van der Waals surface area contributed by atoms with E-state index in [1.807, 2.05) is 66.7 Å². The molecule has 1 heterocycles. The first-order chi connectivity index (χ1) is 12.8. The Morgan fingerprint density at radius 3 is 2.54 bits per heavy atom. The molecule has 0 N–H and O–H groups in total. The highest BCUT2D eigenvalue weighted by Gasteiger charge is 2.07. The molecule has 3 aromatic rings. The van der Waals surface area contributed by atoms with Crippen molar-refractivity contribution >= 4 is 11.6 Å². The first-order valence-electron chi connectivity index (χ1n) is 8.18. The van der Waals surface area contributed by atoms with Crippen molar-refractivity contribution in [1.82, 2.24) is 4.98 Å². The van der Waals surface area contributed by atoms with Gasteiger partial charge in [0.25, 0.3) is 0 Å². The zero-order chi connectivity index (χ0) is 18.2. The van der Waals surface area contributed by atoms with E-state index in [0.717, 1.165) is 11.1 Å². The lowest BCUT2D eigenvalue weighted by Crippen LogP contribution is -1.98. The van der Waals surface area contributed by atoms with Crippen LogP contribution in [0.2, 0.25) is 0 Å². The molecule has 0 fully saturated rings. The first kappa shape index (κ1) is 17.2. The third-order valence-electron chi connectivity index (χ3n) is 3.80. The third-order valence-corrected chi connectivity index (χ3v) is 3.80. The van der Waals surface area contributed by atoms with Crippen LogP contribution in [0.15, 0.2) is 72.9 Å². The van der Waals surface area contributed by atoms with Gasteiger partial charge in [0.2, 0.25) is 0 Å². The SMILES string of the molecule is COc1ccc(C=C(C#N)c2ccccn2)cc1OCc1ccccc1. The minimum Gasteiger partial charge on any atom is -0.493 e. The summed E-state index contributed by atoms with van der Waals surface area (Å²) in [5, 5.41) is 9.45. The predicted octanol–water partition coefficient (Wildman–Crippen LogP) is 4.73. The van der Waals surface area contributed by atoms with E-state index in [2.05, 4.69) is 11.1 Å². The second kappa shape index (κ2) is 8.50. The number of nitrogens with zero attached hydrogens (tertiary/aromatic N) is 2. The largest absolute Gasteiger partial charge is 0.493 e. The van der Waals surface area contributed by atoms with Gasteiger partial charge in [0.15, 0.2) is 11.5 Å². The lowest BCUT2D eigenvalue weighted by atomic mass is 10.1. The van der Waals surface area contributed by atoms with Crippen LogP contribution in [0.25, 0.3) is 11.6 Å². The van der Waals surface area contributed by atoms with Gasteiger partial charge in [-0.05, 0) is 41.5 Å². The lowest BCUT2D eigenvalue weighted by molar-refractivity contribution is 0.284. The van der Waals surface area contributed by atoms with Gasteiger partial charge in [-0.3, -0.25) is 4.98 Å². The summed E-state index contributed by atoms with van der Waals surface area (Å²) in [6.45, 7) is 0.440. The smallest absolute Gasteiger partial charge is 0.162 e. The molecule has 0 amide bonds. The number of allylic oxidation sites excluding steroid dienone is 1. The summed E-state index contributed by atoms with van der Waals surface area (Å²) in [4.78, 5) is 4.23. The fraction of sp³-hybridized carbons (Fsp3) is 0.0909. The Hall–Kier alpha value is -3.58. The van der Waals surface area contributed by atoms with Crippen LogP contribution in [0.3, 0.4) is 0 Å². The summed E-state index contributed by atoms with van der Waals surface area (Å²) < 4.78 is 11.3. The van der Waals surface area contributed by atoms with Crippen molar-refractivity contribution in [2.45, 2.75) is 6.61 Å². The predicted molar refractivity (Wildman–Crippen MR) is 101 cm³/mol. The Labute approximate surface area is 153 Å². The maximum Gasteiger partial charge on any atom is 0.162 e. The summed E-state index contributed by atoms with van der Waals surface area (Å²) in [5.74, 6) is 1.28. The Bertz CT molecular complexity index is 929. The molecular weight excluding hydrogens is 324 g/mol. The molecule has 4 nitrogen and oxygen atoms in total. The molecule has 0 saturated heterocycles. The second-order valence-electron chi connectivity index (χ2n) is 5.57. The van der Waals surface area contributed by atoms with E-state index in [1.165, 1.54) is 0 Å². The molecule has 0 aliphatic rings. The number of hydrogen-bond donors (Lipinski definition) is 0. The average molecular weight is 342 g/mol. The normalized spacial score (nSPS) is 10.8. The highest BCUT2D eigenvalue weighted by atomic mass is 16.5. The number of aromatic nitrogens is 1. The van der Waals surface area contributed by atoms with Gasteiger partial charge < -0.3 is 9.47 Å². The lowest BCUT2D eigenvalue weighted by Gasteiger charge is -2.11. The molecule has 3 rings (SSSR count). The second-order valence-corrected chi connectivity index (χ2v) is 5.57. The summed E-state index contributed by atoms with van der Waals surface area (Å²) in [5.41, 5.74) is 3.04. The van der Waals surface area contributed by atoms with Gasteiger partial charge in [-0.25, -0.2) is 0 Å². The minimum atomic E-state index is 0.440. The quantitative estimate of drug-likeness (QED) is 0.608. The fourth-order valence-electron chi connectivity index (χ4n) is 2.48. The summed E-state index contributed by atoms with van der Waals surface area (Å²) in [6, 6.07) is 23.2. The number of pyridine rings is 1. The van der Waals surface area contributed by atoms with Crippen LogP contribution in [0.5, 0.6) is 11.5 Å². The molecule has 0 bridgehead atoms. The molecule has 4 heteroatoms. The van der Waals surface area contributed by atoms with Crippen molar-refractivity contribution in [1.29, 1.82) is 5.26 Å². The third kappa shape index (κ3) is 4.28. The van der Waals surface area contributed by atoms with E-state index in [4.69, 9.17) is 9.47 Å². The van der Waals surface area contributed by atoms with Crippen molar-refractivity contribution < 1.29 is 9.47 Å². The van der Waals surface area contributed by atoms with E-state index in [9.17, 15) is 5.26 Å². The topological polar surface area (TPSA) is 55.1 Å². The van der Waals surface area contributed by atoms with Gasteiger partial charge in [-0.1, -0.05) is 42.5 Å². The summed E-state index contributed by atoms with van der Waals surface area (Å²) in [6.07, 6.45) is 3.46. The molecule has 1 aromatic heterocycles. The number of hydrogen-bond acceptors (Lipinski definition) is 4. The highest BCUT2D eigenvalue weighted by molar-refractivity contribution is 5.88. The molecule has 128 valence electrons.